The molecule has 0 amide bonds. The van der Waals surface area contributed by atoms with Crippen molar-refractivity contribution < 1.29 is 8.78 Å². The smallest absolute Gasteiger partial charge is 0.126 e. The molecule has 0 aliphatic rings. The molecule has 3 nitrogen and oxygen atoms in total. The first-order chi connectivity index (χ1) is 8.74. The van der Waals surface area contributed by atoms with E-state index in [1.807, 2.05) is 16.9 Å². The maximum atomic E-state index is 12.9. The van der Waals surface area contributed by atoms with Gasteiger partial charge in [-0.05, 0) is 36.7 Å². The van der Waals surface area contributed by atoms with E-state index >= 15 is 0 Å². The van der Waals surface area contributed by atoms with Gasteiger partial charge in [0.1, 0.15) is 11.6 Å². The Morgan fingerprint density at radius 3 is 2.61 bits per heavy atom. The molecule has 1 aromatic carbocycles. The first kappa shape index (κ1) is 12.7. The summed E-state index contributed by atoms with van der Waals surface area (Å²) in [6.07, 6.45) is 4.56. The molecule has 0 spiro atoms. The molecule has 18 heavy (non-hydrogen) atoms. The third kappa shape index (κ3) is 3.92. The molecule has 0 aliphatic carbocycles. The maximum Gasteiger partial charge on any atom is 0.126 e. The number of rotatable bonds is 6. The molecule has 1 N–H and O–H groups in total. The van der Waals surface area contributed by atoms with Crippen molar-refractivity contribution in [3.8, 4) is 0 Å². The predicted molar refractivity (Wildman–Crippen MR) is 64.9 cm³/mol. The van der Waals surface area contributed by atoms with E-state index in [1.54, 1.807) is 6.20 Å². The van der Waals surface area contributed by atoms with E-state index in [9.17, 15) is 8.78 Å². The van der Waals surface area contributed by atoms with Crippen LogP contribution in [-0.4, -0.2) is 16.3 Å². The number of halogens is 2. The summed E-state index contributed by atoms with van der Waals surface area (Å²) in [5.74, 6) is -1.08. The standard InChI is InChI=1S/C13H15F2N3/c14-12-7-11(8-13(15)9-12)10-16-3-1-5-18-6-2-4-17-18/h2,4,6-9,16H,1,3,5,10H2. The van der Waals surface area contributed by atoms with Gasteiger partial charge in [0.2, 0.25) is 0 Å². The molecule has 0 fully saturated rings. The highest BCUT2D eigenvalue weighted by atomic mass is 19.1. The van der Waals surface area contributed by atoms with Crippen molar-refractivity contribution in [2.24, 2.45) is 0 Å². The van der Waals surface area contributed by atoms with Gasteiger partial charge >= 0.3 is 0 Å². The number of nitrogens with zero attached hydrogens (tertiary/aromatic N) is 2. The van der Waals surface area contributed by atoms with E-state index < -0.39 is 11.6 Å². The first-order valence-electron chi connectivity index (χ1n) is 5.87. The summed E-state index contributed by atoms with van der Waals surface area (Å²) in [6.45, 7) is 2.07. The number of hydrogen-bond donors (Lipinski definition) is 1. The quantitative estimate of drug-likeness (QED) is 0.799. The summed E-state index contributed by atoms with van der Waals surface area (Å²) in [5, 5.41) is 7.23. The van der Waals surface area contributed by atoms with Crippen LogP contribution in [0.25, 0.3) is 0 Å². The van der Waals surface area contributed by atoms with Gasteiger partial charge in [-0.1, -0.05) is 0 Å². The predicted octanol–water partition coefficient (Wildman–Crippen LogP) is 2.34. The number of nitrogens with one attached hydrogen (secondary N) is 1. The molecule has 0 aliphatic heterocycles. The Bertz CT molecular complexity index is 463. The van der Waals surface area contributed by atoms with Crippen LogP contribution >= 0.6 is 0 Å². The third-order valence-electron chi connectivity index (χ3n) is 2.55. The fraction of sp³-hybridized carbons (Fsp3) is 0.308. The summed E-state index contributed by atoms with van der Waals surface area (Å²) >= 11 is 0. The van der Waals surface area contributed by atoms with Crippen LogP contribution in [0.1, 0.15) is 12.0 Å². The van der Waals surface area contributed by atoms with Crippen molar-refractivity contribution in [3.05, 3.63) is 53.9 Å². The van der Waals surface area contributed by atoms with Crippen molar-refractivity contribution in [2.75, 3.05) is 6.54 Å². The Hall–Kier alpha value is -1.75. The van der Waals surface area contributed by atoms with Crippen LogP contribution in [0.3, 0.4) is 0 Å². The Balaban J connectivity index is 1.68. The molecule has 0 saturated carbocycles. The molecule has 0 atom stereocenters. The average Bonchev–Trinajstić information content (AvgIpc) is 2.80. The maximum absolute atomic E-state index is 12.9. The van der Waals surface area contributed by atoms with Gasteiger partial charge in [0.15, 0.2) is 0 Å². The van der Waals surface area contributed by atoms with Crippen molar-refractivity contribution in [1.82, 2.24) is 15.1 Å². The fourth-order valence-electron chi connectivity index (χ4n) is 1.74. The molecule has 0 unspecified atom stereocenters. The average molecular weight is 251 g/mol. The molecule has 1 heterocycles. The van der Waals surface area contributed by atoms with E-state index in [0.29, 0.717) is 12.1 Å². The zero-order valence-corrected chi connectivity index (χ0v) is 9.94. The Labute approximate surface area is 104 Å². The van der Waals surface area contributed by atoms with Crippen molar-refractivity contribution >= 4 is 0 Å². The van der Waals surface area contributed by atoms with Crippen molar-refractivity contribution in [3.63, 3.8) is 0 Å². The van der Waals surface area contributed by atoms with Crippen LogP contribution < -0.4 is 5.32 Å². The second-order valence-corrected chi connectivity index (χ2v) is 4.08. The molecule has 2 rings (SSSR count). The highest BCUT2D eigenvalue weighted by molar-refractivity contribution is 5.17. The second-order valence-electron chi connectivity index (χ2n) is 4.08. The summed E-state index contributed by atoms with van der Waals surface area (Å²) in [5.41, 5.74) is 0.617. The summed E-state index contributed by atoms with van der Waals surface area (Å²) < 4.78 is 27.7. The van der Waals surface area contributed by atoms with Gasteiger partial charge in [-0.25, -0.2) is 8.78 Å². The first-order valence-corrected chi connectivity index (χ1v) is 5.87. The van der Waals surface area contributed by atoms with E-state index in [0.717, 1.165) is 25.6 Å². The SMILES string of the molecule is Fc1cc(F)cc(CNCCCn2cccn2)c1. The number of aryl methyl sites for hydroxylation is 1. The summed E-state index contributed by atoms with van der Waals surface area (Å²) in [4.78, 5) is 0. The van der Waals surface area contributed by atoms with Gasteiger partial charge in [-0.3, -0.25) is 4.68 Å². The van der Waals surface area contributed by atoms with Gasteiger partial charge in [-0.2, -0.15) is 5.10 Å². The highest BCUT2D eigenvalue weighted by Crippen LogP contribution is 2.07. The lowest BCUT2D eigenvalue weighted by molar-refractivity contribution is 0.539. The van der Waals surface area contributed by atoms with Crippen LogP contribution in [0.2, 0.25) is 0 Å². The van der Waals surface area contributed by atoms with Crippen LogP contribution in [0, 0.1) is 11.6 Å². The highest BCUT2D eigenvalue weighted by Gasteiger charge is 2.00. The van der Waals surface area contributed by atoms with Gasteiger partial charge in [-0.15, -0.1) is 0 Å². The minimum atomic E-state index is -0.539. The number of aromatic nitrogens is 2. The Morgan fingerprint density at radius 2 is 1.94 bits per heavy atom. The largest absolute Gasteiger partial charge is 0.313 e. The summed E-state index contributed by atoms with van der Waals surface area (Å²) in [7, 11) is 0. The fourth-order valence-corrected chi connectivity index (χ4v) is 1.74. The Kier molecular flexibility index (Phi) is 4.41. The van der Waals surface area contributed by atoms with E-state index in [1.165, 1.54) is 12.1 Å². The number of hydrogen-bond acceptors (Lipinski definition) is 2. The van der Waals surface area contributed by atoms with Crippen LogP contribution in [0.5, 0.6) is 0 Å². The monoisotopic (exact) mass is 251 g/mol. The molecule has 5 heteroatoms. The third-order valence-corrected chi connectivity index (χ3v) is 2.55. The zero-order valence-electron chi connectivity index (χ0n) is 9.94. The molecule has 0 saturated heterocycles. The molecule has 0 radical (unpaired) electrons. The lowest BCUT2D eigenvalue weighted by atomic mass is 10.2. The lowest BCUT2D eigenvalue weighted by Crippen LogP contribution is -2.16. The zero-order chi connectivity index (χ0) is 12.8. The normalized spacial score (nSPS) is 10.8. The number of benzene rings is 1. The van der Waals surface area contributed by atoms with E-state index in [4.69, 9.17) is 0 Å². The van der Waals surface area contributed by atoms with Gasteiger partial charge in [0, 0.05) is 31.5 Å². The minimum absolute atomic E-state index is 0.466. The van der Waals surface area contributed by atoms with E-state index in [2.05, 4.69) is 10.4 Å². The Morgan fingerprint density at radius 1 is 1.17 bits per heavy atom. The van der Waals surface area contributed by atoms with Crippen LogP contribution in [0.4, 0.5) is 8.78 Å². The molecular formula is C13H15F2N3. The molecular weight excluding hydrogens is 236 g/mol. The molecule has 0 bridgehead atoms. The van der Waals surface area contributed by atoms with E-state index in [-0.39, 0.29) is 0 Å². The topological polar surface area (TPSA) is 29.9 Å². The molecule has 96 valence electrons. The van der Waals surface area contributed by atoms with Gasteiger partial charge in [0.25, 0.3) is 0 Å². The van der Waals surface area contributed by atoms with Crippen LogP contribution in [0.15, 0.2) is 36.7 Å². The summed E-state index contributed by atoms with van der Waals surface area (Å²) in [6, 6.07) is 5.43. The molecule has 2 aromatic rings. The lowest BCUT2D eigenvalue weighted by Gasteiger charge is -2.05. The van der Waals surface area contributed by atoms with Crippen molar-refractivity contribution in [1.29, 1.82) is 0 Å². The minimum Gasteiger partial charge on any atom is -0.313 e. The molecule has 1 aromatic heterocycles. The second kappa shape index (κ2) is 6.26. The van der Waals surface area contributed by atoms with Crippen molar-refractivity contribution in [2.45, 2.75) is 19.5 Å². The van der Waals surface area contributed by atoms with Gasteiger partial charge in [0.05, 0.1) is 0 Å². The van der Waals surface area contributed by atoms with Crippen LogP contribution in [-0.2, 0) is 13.1 Å². The van der Waals surface area contributed by atoms with Gasteiger partial charge < -0.3 is 5.32 Å².